The highest BCUT2D eigenvalue weighted by atomic mass is 15.1. The van der Waals surface area contributed by atoms with Crippen molar-refractivity contribution >= 4 is 0 Å². The van der Waals surface area contributed by atoms with Gasteiger partial charge in [-0.25, -0.2) is 0 Å². The van der Waals surface area contributed by atoms with Crippen LogP contribution in [0.15, 0.2) is 24.3 Å². The van der Waals surface area contributed by atoms with Crippen molar-refractivity contribution < 1.29 is 0 Å². The van der Waals surface area contributed by atoms with E-state index in [-0.39, 0.29) is 0 Å². The predicted octanol–water partition coefficient (Wildman–Crippen LogP) is 3.81. The molecule has 0 amide bonds. The molecule has 2 nitrogen and oxygen atoms in total. The Morgan fingerprint density at radius 2 is 1.79 bits per heavy atom. The maximum absolute atomic E-state index is 3.26. The number of hydrogen-bond donors (Lipinski definition) is 1. The molecule has 19 heavy (non-hydrogen) atoms. The van der Waals surface area contributed by atoms with Gasteiger partial charge in [0.05, 0.1) is 0 Å². The summed E-state index contributed by atoms with van der Waals surface area (Å²) in [6.45, 7) is 10.1. The molecule has 1 aromatic rings. The van der Waals surface area contributed by atoms with E-state index in [0.29, 0.717) is 6.04 Å². The smallest absolute Gasteiger partial charge is 0.0239 e. The zero-order valence-corrected chi connectivity index (χ0v) is 13.1. The Bertz CT molecular complexity index is 347. The van der Waals surface area contributed by atoms with Crippen molar-refractivity contribution in [2.45, 2.75) is 59.2 Å². The summed E-state index contributed by atoms with van der Waals surface area (Å²) in [7, 11) is 2.01. The molecule has 0 aliphatic rings. The summed E-state index contributed by atoms with van der Waals surface area (Å²) in [6, 6.07) is 9.39. The van der Waals surface area contributed by atoms with E-state index in [0.717, 1.165) is 13.1 Å². The van der Waals surface area contributed by atoms with Gasteiger partial charge in [-0.15, -0.1) is 0 Å². The standard InChI is InChI=1S/C17H30N2/c1-5-6-9-12-19(15(2)3)14-17-11-8-7-10-16(17)13-18-4/h7-8,10-11,15,18H,5-6,9,12-14H2,1-4H3. The molecule has 0 atom stereocenters. The Balaban J connectivity index is 2.67. The second-order valence-corrected chi connectivity index (χ2v) is 5.57. The molecule has 1 N–H and O–H groups in total. The maximum atomic E-state index is 3.26. The number of rotatable bonds is 9. The third-order valence-electron chi connectivity index (χ3n) is 3.64. The van der Waals surface area contributed by atoms with Gasteiger partial charge in [0.2, 0.25) is 0 Å². The fourth-order valence-electron chi connectivity index (χ4n) is 2.38. The largest absolute Gasteiger partial charge is 0.316 e. The van der Waals surface area contributed by atoms with E-state index >= 15 is 0 Å². The molecule has 0 aliphatic heterocycles. The molecule has 2 heteroatoms. The van der Waals surface area contributed by atoms with Crippen LogP contribution in [0.2, 0.25) is 0 Å². The van der Waals surface area contributed by atoms with Gasteiger partial charge in [-0.2, -0.15) is 0 Å². The zero-order valence-electron chi connectivity index (χ0n) is 13.1. The molecule has 0 aromatic heterocycles. The molecule has 108 valence electrons. The number of unbranched alkanes of at least 4 members (excludes halogenated alkanes) is 2. The van der Waals surface area contributed by atoms with Crippen molar-refractivity contribution in [3.63, 3.8) is 0 Å². The first-order chi connectivity index (χ1) is 9.19. The average molecular weight is 262 g/mol. The first kappa shape index (κ1) is 16.2. The van der Waals surface area contributed by atoms with Gasteiger partial charge in [-0.1, -0.05) is 44.0 Å². The molecule has 0 spiro atoms. The average Bonchev–Trinajstić information content (AvgIpc) is 2.40. The molecule has 0 radical (unpaired) electrons. The lowest BCUT2D eigenvalue weighted by Crippen LogP contribution is -2.31. The normalized spacial score (nSPS) is 11.5. The molecule has 0 saturated carbocycles. The van der Waals surface area contributed by atoms with Crippen molar-refractivity contribution in [3.8, 4) is 0 Å². The van der Waals surface area contributed by atoms with Crippen LogP contribution in [0.1, 0.15) is 51.2 Å². The van der Waals surface area contributed by atoms with Crippen LogP contribution in [0.3, 0.4) is 0 Å². The first-order valence-electron chi connectivity index (χ1n) is 7.64. The lowest BCUT2D eigenvalue weighted by molar-refractivity contribution is 0.208. The van der Waals surface area contributed by atoms with E-state index in [1.54, 1.807) is 0 Å². The highest BCUT2D eigenvalue weighted by molar-refractivity contribution is 5.27. The van der Waals surface area contributed by atoms with Gasteiger partial charge in [-0.3, -0.25) is 4.90 Å². The van der Waals surface area contributed by atoms with Crippen LogP contribution >= 0.6 is 0 Å². The minimum absolute atomic E-state index is 0.611. The quantitative estimate of drug-likeness (QED) is 0.681. The van der Waals surface area contributed by atoms with Crippen LogP contribution in [0.25, 0.3) is 0 Å². The summed E-state index contributed by atoms with van der Waals surface area (Å²) in [5.41, 5.74) is 2.88. The van der Waals surface area contributed by atoms with E-state index in [1.165, 1.54) is 36.9 Å². The van der Waals surface area contributed by atoms with Crippen LogP contribution in [0, 0.1) is 0 Å². The Labute approximate surface area is 119 Å². The minimum atomic E-state index is 0.611. The maximum Gasteiger partial charge on any atom is 0.0239 e. The molecule has 1 aromatic carbocycles. The zero-order chi connectivity index (χ0) is 14.1. The molecule has 1 rings (SSSR count). The summed E-state index contributed by atoms with van der Waals surface area (Å²) in [4.78, 5) is 2.59. The van der Waals surface area contributed by atoms with Crippen LogP contribution in [-0.4, -0.2) is 24.5 Å². The second kappa shape index (κ2) is 9.11. The van der Waals surface area contributed by atoms with Gasteiger partial charge in [-0.05, 0) is 45.0 Å². The van der Waals surface area contributed by atoms with Gasteiger partial charge >= 0.3 is 0 Å². The Kier molecular flexibility index (Phi) is 7.76. The number of nitrogens with one attached hydrogen (secondary N) is 1. The molecule has 0 fully saturated rings. The van der Waals surface area contributed by atoms with Crippen molar-refractivity contribution in [1.29, 1.82) is 0 Å². The van der Waals surface area contributed by atoms with E-state index in [1.807, 2.05) is 7.05 Å². The molecule has 0 aliphatic carbocycles. The van der Waals surface area contributed by atoms with E-state index in [2.05, 4.69) is 55.3 Å². The molecule has 0 bridgehead atoms. The number of nitrogens with zero attached hydrogens (tertiary/aromatic N) is 1. The third-order valence-corrected chi connectivity index (χ3v) is 3.64. The molecular weight excluding hydrogens is 232 g/mol. The Morgan fingerprint density at radius 1 is 1.11 bits per heavy atom. The van der Waals surface area contributed by atoms with E-state index < -0.39 is 0 Å². The highest BCUT2D eigenvalue weighted by Gasteiger charge is 2.11. The van der Waals surface area contributed by atoms with E-state index in [9.17, 15) is 0 Å². The van der Waals surface area contributed by atoms with Crippen molar-refractivity contribution in [2.24, 2.45) is 0 Å². The Morgan fingerprint density at radius 3 is 2.37 bits per heavy atom. The van der Waals surface area contributed by atoms with Crippen LogP contribution in [0.4, 0.5) is 0 Å². The third kappa shape index (κ3) is 5.75. The summed E-state index contributed by atoms with van der Waals surface area (Å²) >= 11 is 0. The van der Waals surface area contributed by atoms with Crippen LogP contribution in [0.5, 0.6) is 0 Å². The SMILES string of the molecule is CCCCCN(Cc1ccccc1CNC)C(C)C. The molecule has 0 saturated heterocycles. The van der Waals surface area contributed by atoms with Gasteiger partial charge in [0.15, 0.2) is 0 Å². The van der Waals surface area contributed by atoms with Gasteiger partial charge in [0, 0.05) is 19.1 Å². The van der Waals surface area contributed by atoms with Crippen molar-refractivity contribution in [1.82, 2.24) is 10.2 Å². The van der Waals surface area contributed by atoms with Crippen molar-refractivity contribution in [3.05, 3.63) is 35.4 Å². The fraction of sp³-hybridized carbons (Fsp3) is 0.647. The predicted molar refractivity (Wildman–Crippen MR) is 84.3 cm³/mol. The summed E-state index contributed by atoms with van der Waals surface area (Å²) < 4.78 is 0. The summed E-state index contributed by atoms with van der Waals surface area (Å²) in [5.74, 6) is 0. The van der Waals surface area contributed by atoms with Gasteiger partial charge in [0.1, 0.15) is 0 Å². The fourth-order valence-corrected chi connectivity index (χ4v) is 2.38. The van der Waals surface area contributed by atoms with Crippen LogP contribution < -0.4 is 5.32 Å². The minimum Gasteiger partial charge on any atom is -0.316 e. The second-order valence-electron chi connectivity index (χ2n) is 5.57. The highest BCUT2D eigenvalue weighted by Crippen LogP contribution is 2.14. The lowest BCUT2D eigenvalue weighted by atomic mass is 10.1. The lowest BCUT2D eigenvalue weighted by Gasteiger charge is -2.27. The topological polar surface area (TPSA) is 15.3 Å². The van der Waals surface area contributed by atoms with Crippen LogP contribution in [-0.2, 0) is 13.1 Å². The van der Waals surface area contributed by atoms with E-state index in [4.69, 9.17) is 0 Å². The summed E-state index contributed by atoms with van der Waals surface area (Å²) in [6.07, 6.45) is 3.94. The molecular formula is C17H30N2. The van der Waals surface area contributed by atoms with Gasteiger partial charge in [0.25, 0.3) is 0 Å². The van der Waals surface area contributed by atoms with Crippen molar-refractivity contribution in [2.75, 3.05) is 13.6 Å². The molecule has 0 unspecified atom stereocenters. The molecule has 0 heterocycles. The first-order valence-corrected chi connectivity index (χ1v) is 7.64. The monoisotopic (exact) mass is 262 g/mol. The van der Waals surface area contributed by atoms with Gasteiger partial charge < -0.3 is 5.32 Å². The Hall–Kier alpha value is -0.860. The number of benzene rings is 1. The number of hydrogen-bond acceptors (Lipinski definition) is 2. The summed E-state index contributed by atoms with van der Waals surface area (Å²) in [5, 5.41) is 3.26.